The zero-order valence-electron chi connectivity index (χ0n) is 35.9. The van der Waals surface area contributed by atoms with E-state index in [0.29, 0.717) is 0 Å². The molecular weight excluding hydrogens is 1070 g/mol. The van der Waals surface area contributed by atoms with Gasteiger partial charge in [0.25, 0.3) is 0 Å². The largest absolute Gasteiger partial charge is 2.00 e. The first-order valence-electron chi connectivity index (χ1n) is 20.5. The van der Waals surface area contributed by atoms with Crippen molar-refractivity contribution in [2.24, 2.45) is 0 Å². The molecule has 2 aromatic carbocycles. The van der Waals surface area contributed by atoms with Crippen LogP contribution >= 0.6 is 24.4 Å². The fourth-order valence-electron chi connectivity index (χ4n) is 7.13. The Kier molecular flexibility index (Phi) is 18.8. The van der Waals surface area contributed by atoms with Gasteiger partial charge in [-0.1, -0.05) is 97.2 Å². The summed E-state index contributed by atoms with van der Waals surface area (Å²) in [5.41, 5.74) is 8.39. The second kappa shape index (κ2) is 25.8. The molecule has 17 heteroatoms. The van der Waals surface area contributed by atoms with Gasteiger partial charge in [-0.15, -0.1) is 0 Å². The SMILES string of the molecule is [N-]=C=S.[N-]=C=S.[Pb+2].c1ccc(-c2nccn2Cc2ccccc2Cn2ccnc2-c2ccccn2)nc1.c1ccc(-c2nccn2Cc2ccccc2Cn2ccnc2-c2ccccn2)nc1. The molecule has 0 aliphatic carbocycles. The van der Waals surface area contributed by atoms with Crippen molar-refractivity contribution in [2.75, 3.05) is 0 Å². The number of aromatic nitrogens is 12. The summed E-state index contributed by atoms with van der Waals surface area (Å²) in [5.74, 6) is 3.45. The third-order valence-electron chi connectivity index (χ3n) is 10.0. The molecule has 0 unspecified atom stereocenters. The van der Waals surface area contributed by atoms with Gasteiger partial charge in [-0.3, -0.25) is 19.9 Å². The molecule has 0 saturated heterocycles. The van der Waals surface area contributed by atoms with Gasteiger partial charge in [0.15, 0.2) is 23.3 Å². The normalized spacial score (nSPS) is 10.0. The van der Waals surface area contributed by atoms with Gasteiger partial charge in [0.2, 0.25) is 0 Å². The van der Waals surface area contributed by atoms with E-state index in [-0.39, 0.29) is 27.3 Å². The molecule has 0 amide bonds. The van der Waals surface area contributed by atoms with Crippen LogP contribution in [-0.4, -0.2) is 95.8 Å². The van der Waals surface area contributed by atoms with Crippen molar-refractivity contribution in [3.8, 4) is 46.1 Å². The van der Waals surface area contributed by atoms with Crippen molar-refractivity contribution in [3.63, 3.8) is 0 Å². The molecule has 2 radical (unpaired) electrons. The maximum Gasteiger partial charge on any atom is 2.00 e. The van der Waals surface area contributed by atoms with Crippen molar-refractivity contribution < 1.29 is 0 Å². The zero-order valence-corrected chi connectivity index (χ0v) is 41.4. The average Bonchev–Trinajstić information content (AvgIpc) is 4.22. The predicted molar refractivity (Wildman–Crippen MR) is 269 cm³/mol. The van der Waals surface area contributed by atoms with Crippen molar-refractivity contribution in [2.45, 2.75) is 26.2 Å². The minimum Gasteiger partial charge on any atom is -0.753 e. The summed E-state index contributed by atoms with van der Waals surface area (Å²) in [6, 6.07) is 40.4. The van der Waals surface area contributed by atoms with Crippen molar-refractivity contribution in [1.82, 2.24) is 58.1 Å². The Labute approximate surface area is 418 Å². The number of benzene rings is 2. The molecule has 67 heavy (non-hydrogen) atoms. The first-order valence-corrected chi connectivity index (χ1v) is 21.3. The number of hydrogen-bond donors (Lipinski definition) is 0. The summed E-state index contributed by atoms with van der Waals surface area (Å²) in [6.07, 6.45) is 22.4. The summed E-state index contributed by atoms with van der Waals surface area (Å²) in [7, 11) is 0. The number of nitrogens with zero attached hydrogens (tertiary/aromatic N) is 14. The Morgan fingerprint density at radius 3 is 0.731 bits per heavy atom. The molecular formula is C50H40N14PbS2. The number of imidazole rings is 4. The monoisotopic (exact) mass is 1110 g/mol. The Bertz CT molecular complexity index is 2700. The minimum atomic E-state index is 0. The summed E-state index contributed by atoms with van der Waals surface area (Å²) >= 11 is 7.40. The molecule has 14 nitrogen and oxygen atoms in total. The van der Waals surface area contributed by atoms with Crippen molar-refractivity contribution >= 4 is 62.1 Å². The Balaban J connectivity index is 0.000000195. The molecule has 10 rings (SSSR count). The maximum absolute atomic E-state index is 7.13. The molecule has 8 aromatic heterocycles. The van der Waals surface area contributed by atoms with E-state index in [1.54, 1.807) is 24.8 Å². The Hall–Kier alpha value is -7.60. The standard InChI is InChI=1S/2C24H20N6.2CNS.Pb/c2*1-2-8-20(18-30-16-14-28-24(30)22-10-4-6-12-26-22)19(7-1)17-29-15-13-27-23(29)21-9-3-5-11-25-21;2*2-1-3;/h2*1-16H,17-18H2;;;/q;;2*-1;+2. The number of isothiocyanates is 2. The van der Waals surface area contributed by atoms with Gasteiger partial charge >= 0.3 is 27.3 Å². The average molecular weight is 1110 g/mol. The van der Waals surface area contributed by atoms with Gasteiger partial charge in [0.1, 0.15) is 22.8 Å². The van der Waals surface area contributed by atoms with Gasteiger partial charge in [-0.2, -0.15) is 10.3 Å². The van der Waals surface area contributed by atoms with Gasteiger partial charge in [0, 0.05) is 101 Å². The fourth-order valence-corrected chi connectivity index (χ4v) is 7.13. The molecule has 0 atom stereocenters. The predicted octanol–water partition coefficient (Wildman–Crippen LogP) is 9.54. The molecule has 326 valence electrons. The van der Waals surface area contributed by atoms with Crippen LogP contribution in [0, 0.1) is 0 Å². The number of thiocarbonyl (C=S) groups is 2. The van der Waals surface area contributed by atoms with Crippen LogP contribution in [0.1, 0.15) is 22.3 Å². The van der Waals surface area contributed by atoms with Gasteiger partial charge in [-0.05, 0) is 70.8 Å². The van der Waals surface area contributed by atoms with Crippen molar-refractivity contribution in [1.29, 1.82) is 0 Å². The minimum absolute atomic E-state index is 0. The van der Waals surface area contributed by atoms with Gasteiger partial charge in [-0.25, -0.2) is 19.9 Å². The molecule has 0 saturated carbocycles. The molecule has 0 bridgehead atoms. The van der Waals surface area contributed by atoms with E-state index in [9.17, 15) is 0 Å². The number of rotatable bonds is 12. The number of hydrogen-bond acceptors (Lipinski definition) is 10. The van der Waals surface area contributed by atoms with Crippen LogP contribution in [0.4, 0.5) is 0 Å². The Morgan fingerprint density at radius 1 is 0.328 bits per heavy atom. The van der Waals surface area contributed by atoms with Crippen LogP contribution in [0.3, 0.4) is 0 Å². The summed E-state index contributed by atoms with van der Waals surface area (Å²) in [5, 5.41) is 16.9. The topological polar surface area (TPSA) is 167 Å². The molecule has 8 heterocycles. The summed E-state index contributed by atoms with van der Waals surface area (Å²) in [4.78, 5) is 35.9. The van der Waals surface area contributed by atoms with Crippen LogP contribution in [-0.2, 0) is 26.2 Å². The van der Waals surface area contributed by atoms with E-state index >= 15 is 0 Å². The summed E-state index contributed by atoms with van der Waals surface area (Å²) < 4.78 is 8.53. The molecule has 0 N–H and O–H groups in total. The van der Waals surface area contributed by atoms with Crippen LogP contribution in [0.15, 0.2) is 196 Å². The number of pyridine rings is 4. The first-order chi connectivity index (χ1) is 32.6. The second-order valence-corrected chi connectivity index (χ2v) is 14.5. The van der Waals surface area contributed by atoms with Crippen LogP contribution in [0.2, 0.25) is 0 Å². The Morgan fingerprint density at radius 2 is 0.537 bits per heavy atom. The van der Waals surface area contributed by atoms with E-state index in [1.165, 1.54) is 32.6 Å². The van der Waals surface area contributed by atoms with Crippen molar-refractivity contribution in [3.05, 3.63) is 229 Å². The molecule has 0 spiro atoms. The molecule has 10 aromatic rings. The molecule has 0 aliphatic heterocycles. The van der Waals surface area contributed by atoms with Gasteiger partial charge < -0.3 is 29.1 Å². The van der Waals surface area contributed by atoms with Crippen LogP contribution < -0.4 is 0 Å². The smallest absolute Gasteiger partial charge is 0.753 e. The fraction of sp³-hybridized carbons (Fsp3) is 0.0800. The molecule has 0 fully saturated rings. The zero-order chi connectivity index (χ0) is 45.8. The third-order valence-corrected chi connectivity index (χ3v) is 10.0. The van der Waals surface area contributed by atoms with Crippen LogP contribution in [0.5, 0.6) is 0 Å². The summed E-state index contributed by atoms with van der Waals surface area (Å²) in [6.45, 7) is 2.87. The van der Waals surface area contributed by atoms with E-state index in [1.807, 2.05) is 122 Å². The first kappa shape index (κ1) is 48.8. The van der Waals surface area contributed by atoms with Gasteiger partial charge in [0.05, 0.1) is 0 Å². The van der Waals surface area contributed by atoms with E-state index < -0.39 is 0 Å². The molecule has 0 aliphatic rings. The van der Waals surface area contributed by atoms with E-state index in [4.69, 9.17) is 10.8 Å². The van der Waals surface area contributed by atoms with E-state index in [0.717, 1.165) is 72.3 Å². The third kappa shape index (κ3) is 13.3. The van der Waals surface area contributed by atoms with E-state index in [2.05, 4.69) is 131 Å². The van der Waals surface area contributed by atoms with Crippen LogP contribution in [0.25, 0.3) is 56.9 Å². The second-order valence-electron chi connectivity index (χ2n) is 14.1. The maximum atomic E-state index is 7.13. The quantitative estimate of drug-likeness (QED) is 0.0653.